The fraction of sp³-hybridized carbons (Fsp3) is 0.333. The fourth-order valence-corrected chi connectivity index (χ4v) is 3.41. The van der Waals surface area contributed by atoms with Crippen LogP contribution in [0.1, 0.15) is 12.2 Å². The van der Waals surface area contributed by atoms with Crippen LogP contribution in [0.5, 0.6) is 0 Å². The number of carbonyl (C=O) groups is 2. The molecular weight excluding hydrogens is 278 g/mol. The maximum Gasteiger partial charge on any atom is 0.233 e. The molecule has 0 aromatic carbocycles. The number of hydrogen-bond acceptors (Lipinski definition) is 7. The van der Waals surface area contributed by atoms with Gasteiger partial charge in [-0.3, -0.25) is 14.5 Å². The number of nitrogens with two attached hydrogens (primary N) is 1. The zero-order valence-electron chi connectivity index (χ0n) is 10.4. The van der Waals surface area contributed by atoms with Crippen molar-refractivity contribution in [3.8, 4) is 0 Å². The minimum Gasteiger partial charge on any atom is -0.308 e. The lowest BCUT2D eigenvalue weighted by Crippen LogP contribution is -2.33. The molecule has 2 aromatic heterocycles. The molecule has 0 radical (unpaired) electrons. The van der Waals surface area contributed by atoms with E-state index in [0.717, 1.165) is 10.2 Å². The van der Waals surface area contributed by atoms with Gasteiger partial charge in [0.05, 0.1) is 23.8 Å². The average Bonchev–Trinajstić information content (AvgIpc) is 3.05. The van der Waals surface area contributed by atoms with E-state index in [1.807, 2.05) is 11.4 Å². The quantitative estimate of drug-likeness (QED) is 0.484. The Labute approximate surface area is 117 Å². The lowest BCUT2D eigenvalue weighted by Gasteiger charge is -2.15. The van der Waals surface area contributed by atoms with Crippen molar-refractivity contribution in [2.75, 3.05) is 5.43 Å². The molecule has 3 N–H and O–H groups in total. The molecule has 1 aliphatic heterocycles. The molecule has 8 heteroatoms. The third-order valence-electron chi connectivity index (χ3n) is 3.76. The summed E-state index contributed by atoms with van der Waals surface area (Å²) in [5.74, 6) is 6.00. The van der Waals surface area contributed by atoms with Gasteiger partial charge in [0.1, 0.15) is 4.83 Å². The van der Waals surface area contributed by atoms with Gasteiger partial charge in [0.2, 0.25) is 11.8 Å². The number of fused-ring (bicyclic) bond motifs is 2. The molecule has 2 fully saturated rings. The molecule has 1 saturated carbocycles. The summed E-state index contributed by atoms with van der Waals surface area (Å²) in [6, 6.07) is 1.88. The molecule has 0 spiro atoms. The molecule has 1 aliphatic carbocycles. The minimum absolute atomic E-state index is 0.0972. The number of thiophene rings is 1. The Morgan fingerprint density at radius 1 is 1.35 bits per heavy atom. The highest BCUT2D eigenvalue weighted by Crippen LogP contribution is 2.47. The number of amides is 2. The standard InChI is InChI=1S/C12H11N5O2S/c13-16-9-5-1-2-20-10(5)15-8(14-9)4-17-11(18)6-3-7(6)12(17)19/h1-2,6-7H,3-4,13H2,(H,14,15,16). The van der Waals surface area contributed by atoms with Crippen molar-refractivity contribution in [1.82, 2.24) is 14.9 Å². The van der Waals surface area contributed by atoms with Crippen molar-refractivity contribution in [2.45, 2.75) is 13.0 Å². The van der Waals surface area contributed by atoms with E-state index in [-0.39, 0.29) is 30.2 Å². The van der Waals surface area contributed by atoms with E-state index in [0.29, 0.717) is 18.1 Å². The normalized spacial score (nSPS) is 24.4. The third kappa shape index (κ3) is 1.55. The van der Waals surface area contributed by atoms with Gasteiger partial charge in [-0.05, 0) is 17.9 Å². The Morgan fingerprint density at radius 3 is 2.80 bits per heavy atom. The van der Waals surface area contributed by atoms with Crippen LogP contribution in [0.15, 0.2) is 11.4 Å². The number of rotatable bonds is 3. The van der Waals surface area contributed by atoms with E-state index in [1.165, 1.54) is 16.2 Å². The molecule has 0 bridgehead atoms. The molecule has 2 atom stereocenters. The minimum atomic E-state index is -0.0999. The van der Waals surface area contributed by atoms with Crippen LogP contribution in [0.2, 0.25) is 0 Å². The van der Waals surface area contributed by atoms with Crippen molar-refractivity contribution in [1.29, 1.82) is 0 Å². The molecule has 2 amide bonds. The number of nitrogens with one attached hydrogen (secondary N) is 1. The van der Waals surface area contributed by atoms with E-state index in [9.17, 15) is 9.59 Å². The van der Waals surface area contributed by atoms with Crippen LogP contribution in [-0.4, -0.2) is 26.7 Å². The Bertz CT molecular complexity index is 723. The first kappa shape index (κ1) is 11.7. The number of hydrazine groups is 1. The number of hydrogen-bond donors (Lipinski definition) is 2. The predicted octanol–water partition coefficient (Wildman–Crippen LogP) is 0.482. The number of nitrogen functional groups attached to an aromatic ring is 1. The molecule has 2 aromatic rings. The van der Waals surface area contributed by atoms with E-state index in [1.54, 1.807) is 0 Å². The first-order valence-corrected chi connectivity index (χ1v) is 7.13. The summed E-state index contributed by atoms with van der Waals surface area (Å²) in [6.45, 7) is 0.118. The molecule has 3 heterocycles. The summed E-state index contributed by atoms with van der Waals surface area (Å²) in [4.78, 5) is 34.6. The van der Waals surface area contributed by atoms with Gasteiger partial charge in [-0.2, -0.15) is 0 Å². The number of imide groups is 1. The smallest absolute Gasteiger partial charge is 0.233 e. The van der Waals surface area contributed by atoms with E-state index in [4.69, 9.17) is 5.84 Å². The number of carbonyl (C=O) groups excluding carboxylic acids is 2. The van der Waals surface area contributed by atoms with E-state index in [2.05, 4.69) is 15.4 Å². The maximum absolute atomic E-state index is 11.9. The number of aromatic nitrogens is 2. The second kappa shape index (κ2) is 3.97. The Morgan fingerprint density at radius 2 is 2.10 bits per heavy atom. The highest BCUT2D eigenvalue weighted by molar-refractivity contribution is 7.16. The first-order valence-electron chi connectivity index (χ1n) is 6.25. The van der Waals surface area contributed by atoms with Crippen LogP contribution >= 0.6 is 11.3 Å². The number of piperidine rings is 1. The SMILES string of the molecule is NNc1nc(CN2C(=O)C3CC3C2=O)nc2sccc12. The van der Waals surface area contributed by atoms with Crippen molar-refractivity contribution in [2.24, 2.45) is 17.7 Å². The summed E-state index contributed by atoms with van der Waals surface area (Å²) in [5, 5.41) is 2.73. The third-order valence-corrected chi connectivity index (χ3v) is 4.57. The van der Waals surface area contributed by atoms with Gasteiger partial charge in [-0.1, -0.05) is 0 Å². The van der Waals surface area contributed by atoms with E-state index >= 15 is 0 Å². The van der Waals surface area contributed by atoms with Crippen LogP contribution in [0.25, 0.3) is 10.2 Å². The average molecular weight is 289 g/mol. The second-order valence-electron chi connectivity index (χ2n) is 4.98. The van der Waals surface area contributed by atoms with Gasteiger partial charge >= 0.3 is 0 Å². The number of anilines is 1. The largest absolute Gasteiger partial charge is 0.308 e. The molecular formula is C12H11N5O2S. The zero-order chi connectivity index (χ0) is 13.9. The van der Waals surface area contributed by atoms with Gasteiger partial charge in [0.25, 0.3) is 0 Å². The topological polar surface area (TPSA) is 101 Å². The van der Waals surface area contributed by atoms with Crippen molar-refractivity contribution in [3.05, 3.63) is 17.3 Å². The highest BCUT2D eigenvalue weighted by Gasteiger charge is 2.58. The molecule has 2 aliphatic rings. The lowest BCUT2D eigenvalue weighted by atomic mass is 10.3. The van der Waals surface area contributed by atoms with Crippen LogP contribution in [0, 0.1) is 11.8 Å². The van der Waals surface area contributed by atoms with Gasteiger partial charge in [-0.15, -0.1) is 11.3 Å². The summed E-state index contributed by atoms with van der Waals surface area (Å²) in [5.41, 5.74) is 2.53. The summed E-state index contributed by atoms with van der Waals surface area (Å²) in [7, 11) is 0. The first-order chi connectivity index (χ1) is 9.69. The zero-order valence-corrected chi connectivity index (χ0v) is 11.2. The van der Waals surface area contributed by atoms with Crippen LogP contribution < -0.4 is 11.3 Å². The van der Waals surface area contributed by atoms with Crippen LogP contribution in [0.3, 0.4) is 0 Å². The van der Waals surface area contributed by atoms with Crippen molar-refractivity contribution < 1.29 is 9.59 Å². The Hall–Kier alpha value is -2.06. The number of likely N-dealkylation sites (tertiary alicyclic amines) is 1. The summed E-state index contributed by atoms with van der Waals surface area (Å²) in [6.07, 6.45) is 0.703. The van der Waals surface area contributed by atoms with Gasteiger partial charge < -0.3 is 5.43 Å². The number of nitrogens with zero attached hydrogens (tertiary/aromatic N) is 3. The summed E-state index contributed by atoms with van der Waals surface area (Å²) >= 11 is 1.46. The van der Waals surface area contributed by atoms with E-state index < -0.39 is 0 Å². The van der Waals surface area contributed by atoms with Crippen LogP contribution in [0.4, 0.5) is 5.82 Å². The molecule has 7 nitrogen and oxygen atoms in total. The molecule has 4 rings (SSSR count). The van der Waals surface area contributed by atoms with Crippen molar-refractivity contribution in [3.63, 3.8) is 0 Å². The lowest BCUT2D eigenvalue weighted by molar-refractivity contribution is -0.142. The predicted molar refractivity (Wildman–Crippen MR) is 72.4 cm³/mol. The molecule has 2 unspecified atom stereocenters. The van der Waals surface area contributed by atoms with Gasteiger partial charge in [-0.25, -0.2) is 15.8 Å². The maximum atomic E-state index is 11.9. The van der Waals surface area contributed by atoms with Gasteiger partial charge in [0.15, 0.2) is 11.6 Å². The Balaban J connectivity index is 1.69. The summed E-state index contributed by atoms with van der Waals surface area (Å²) < 4.78 is 0. The van der Waals surface area contributed by atoms with Crippen LogP contribution in [-0.2, 0) is 16.1 Å². The monoisotopic (exact) mass is 289 g/mol. The van der Waals surface area contributed by atoms with Gasteiger partial charge in [0, 0.05) is 0 Å². The second-order valence-corrected chi connectivity index (χ2v) is 5.88. The molecule has 1 saturated heterocycles. The molecule has 102 valence electrons. The Kier molecular flexibility index (Phi) is 2.33. The fourth-order valence-electron chi connectivity index (χ4n) is 2.63. The highest BCUT2D eigenvalue weighted by atomic mass is 32.1. The van der Waals surface area contributed by atoms with Crippen molar-refractivity contribution >= 4 is 39.2 Å². The molecule has 20 heavy (non-hydrogen) atoms.